The summed E-state index contributed by atoms with van der Waals surface area (Å²) in [4.78, 5) is 10.8. The lowest BCUT2D eigenvalue weighted by Gasteiger charge is -2.08. The first-order valence-electron chi connectivity index (χ1n) is 5.51. The van der Waals surface area contributed by atoms with Crippen LogP contribution < -0.4 is 0 Å². The van der Waals surface area contributed by atoms with E-state index < -0.39 is 11.9 Å². The third kappa shape index (κ3) is 2.38. The van der Waals surface area contributed by atoms with E-state index in [9.17, 15) is 9.90 Å². The van der Waals surface area contributed by atoms with Gasteiger partial charge in [-0.15, -0.1) is 0 Å². The molecule has 0 aliphatic rings. The van der Waals surface area contributed by atoms with Crippen LogP contribution in [-0.4, -0.2) is 16.2 Å². The summed E-state index contributed by atoms with van der Waals surface area (Å²) in [6.45, 7) is 1.69. The smallest absolute Gasteiger partial charge is 0.306 e. The molecule has 0 radical (unpaired) electrons. The molecule has 0 aliphatic heterocycles. The Balaban J connectivity index is 2.35. The number of phenolic OH excluding ortho intramolecular Hbond substituents is 1. The number of benzene rings is 2. The van der Waals surface area contributed by atoms with Crippen LogP contribution in [0.15, 0.2) is 36.4 Å². The first-order valence-corrected chi connectivity index (χ1v) is 5.51. The molecule has 1 atom stereocenters. The fourth-order valence-corrected chi connectivity index (χ4v) is 1.88. The molecule has 3 nitrogen and oxygen atoms in total. The lowest BCUT2D eigenvalue weighted by Crippen LogP contribution is -2.12. The van der Waals surface area contributed by atoms with Crippen molar-refractivity contribution in [1.82, 2.24) is 0 Å². The van der Waals surface area contributed by atoms with Crippen molar-refractivity contribution >= 4 is 16.7 Å². The van der Waals surface area contributed by atoms with E-state index in [1.807, 2.05) is 24.3 Å². The highest BCUT2D eigenvalue weighted by atomic mass is 16.4. The van der Waals surface area contributed by atoms with Gasteiger partial charge in [0.25, 0.3) is 0 Å². The maximum atomic E-state index is 10.8. The van der Waals surface area contributed by atoms with Crippen LogP contribution in [-0.2, 0) is 11.2 Å². The average Bonchev–Trinajstić information content (AvgIpc) is 2.29. The van der Waals surface area contributed by atoms with Crippen molar-refractivity contribution in [2.24, 2.45) is 5.92 Å². The van der Waals surface area contributed by atoms with Gasteiger partial charge in [-0.1, -0.05) is 37.3 Å². The minimum atomic E-state index is -0.791. The van der Waals surface area contributed by atoms with Crippen LogP contribution in [0, 0.1) is 5.92 Å². The third-order valence-corrected chi connectivity index (χ3v) is 2.89. The molecule has 2 aromatic rings. The number of carboxylic acid groups (broad SMARTS) is 1. The van der Waals surface area contributed by atoms with Gasteiger partial charge in [0.15, 0.2) is 0 Å². The molecule has 0 aliphatic carbocycles. The van der Waals surface area contributed by atoms with Gasteiger partial charge in [-0.25, -0.2) is 0 Å². The number of fused-ring (bicyclic) bond motifs is 1. The largest absolute Gasteiger partial charge is 0.507 e. The van der Waals surface area contributed by atoms with Gasteiger partial charge in [0.1, 0.15) is 5.75 Å². The van der Waals surface area contributed by atoms with Crippen LogP contribution in [0.3, 0.4) is 0 Å². The highest BCUT2D eigenvalue weighted by Gasteiger charge is 2.11. The van der Waals surface area contributed by atoms with E-state index in [0.29, 0.717) is 6.42 Å². The number of carbonyl (C=O) groups is 1. The van der Waals surface area contributed by atoms with Crippen molar-refractivity contribution in [3.8, 4) is 5.75 Å². The minimum absolute atomic E-state index is 0.250. The SMILES string of the molecule is CC(Cc1ccc2c(O)cccc2c1)C(=O)O. The Hall–Kier alpha value is -2.03. The van der Waals surface area contributed by atoms with Gasteiger partial charge in [0.2, 0.25) is 0 Å². The summed E-state index contributed by atoms with van der Waals surface area (Å²) in [7, 11) is 0. The summed E-state index contributed by atoms with van der Waals surface area (Å²) in [6.07, 6.45) is 0.501. The van der Waals surface area contributed by atoms with Crippen LogP contribution in [0.5, 0.6) is 5.75 Å². The normalized spacial score (nSPS) is 12.5. The minimum Gasteiger partial charge on any atom is -0.507 e. The van der Waals surface area contributed by atoms with Gasteiger partial charge in [-0.05, 0) is 23.4 Å². The van der Waals surface area contributed by atoms with E-state index in [0.717, 1.165) is 16.3 Å². The molecule has 0 saturated heterocycles. The first-order chi connectivity index (χ1) is 8.08. The molecule has 0 aromatic heterocycles. The topological polar surface area (TPSA) is 57.5 Å². The highest BCUT2D eigenvalue weighted by molar-refractivity contribution is 5.88. The lowest BCUT2D eigenvalue weighted by atomic mass is 9.98. The zero-order chi connectivity index (χ0) is 12.4. The second-order valence-electron chi connectivity index (χ2n) is 4.28. The molecule has 88 valence electrons. The first kappa shape index (κ1) is 11.5. The summed E-state index contributed by atoms with van der Waals surface area (Å²) >= 11 is 0. The molecule has 2 N–H and O–H groups in total. The van der Waals surface area contributed by atoms with Gasteiger partial charge < -0.3 is 10.2 Å². The van der Waals surface area contributed by atoms with E-state index in [2.05, 4.69) is 0 Å². The standard InChI is InChI=1S/C14H14O3/c1-9(14(16)17)7-10-5-6-12-11(8-10)3-2-4-13(12)15/h2-6,8-9,15H,7H2,1H3,(H,16,17). The van der Waals surface area contributed by atoms with E-state index in [4.69, 9.17) is 5.11 Å². The fourth-order valence-electron chi connectivity index (χ4n) is 1.88. The van der Waals surface area contributed by atoms with E-state index in [1.165, 1.54) is 0 Å². The van der Waals surface area contributed by atoms with Crippen LogP contribution in [0.25, 0.3) is 10.8 Å². The highest BCUT2D eigenvalue weighted by Crippen LogP contribution is 2.25. The molecular formula is C14H14O3. The number of aliphatic carboxylic acids is 1. The van der Waals surface area contributed by atoms with E-state index in [1.54, 1.807) is 19.1 Å². The summed E-state index contributed by atoms with van der Waals surface area (Å²) in [6, 6.07) is 10.9. The second-order valence-corrected chi connectivity index (χ2v) is 4.28. The van der Waals surface area contributed by atoms with Gasteiger partial charge in [-0.2, -0.15) is 0 Å². The molecule has 0 saturated carbocycles. The van der Waals surface area contributed by atoms with Gasteiger partial charge in [-0.3, -0.25) is 4.79 Å². The Bertz CT molecular complexity index is 560. The van der Waals surface area contributed by atoms with Crippen LogP contribution in [0.4, 0.5) is 0 Å². The third-order valence-electron chi connectivity index (χ3n) is 2.89. The number of carboxylic acids is 1. The zero-order valence-corrected chi connectivity index (χ0v) is 9.55. The van der Waals surface area contributed by atoms with Crippen molar-refractivity contribution < 1.29 is 15.0 Å². The molecule has 0 heterocycles. The number of rotatable bonds is 3. The van der Waals surface area contributed by atoms with Crippen LogP contribution >= 0.6 is 0 Å². The van der Waals surface area contributed by atoms with Gasteiger partial charge >= 0.3 is 5.97 Å². The summed E-state index contributed by atoms with van der Waals surface area (Å²) in [5, 5.41) is 20.2. The van der Waals surface area contributed by atoms with E-state index in [-0.39, 0.29) is 5.75 Å². The molecule has 0 spiro atoms. The van der Waals surface area contributed by atoms with Crippen molar-refractivity contribution in [3.63, 3.8) is 0 Å². The van der Waals surface area contributed by atoms with E-state index >= 15 is 0 Å². The summed E-state index contributed by atoms with van der Waals surface area (Å²) < 4.78 is 0. The molecule has 17 heavy (non-hydrogen) atoms. The Morgan fingerprint density at radius 1 is 1.29 bits per heavy atom. The van der Waals surface area contributed by atoms with Crippen molar-refractivity contribution in [1.29, 1.82) is 0 Å². The Morgan fingerprint density at radius 3 is 2.76 bits per heavy atom. The average molecular weight is 230 g/mol. The second kappa shape index (κ2) is 4.45. The number of aromatic hydroxyl groups is 1. The van der Waals surface area contributed by atoms with Crippen molar-refractivity contribution in [3.05, 3.63) is 42.0 Å². The molecule has 2 aromatic carbocycles. The van der Waals surface area contributed by atoms with Gasteiger partial charge in [0.05, 0.1) is 5.92 Å². The summed E-state index contributed by atoms with van der Waals surface area (Å²) in [5.74, 6) is -0.939. The summed E-state index contributed by atoms with van der Waals surface area (Å²) in [5.41, 5.74) is 0.970. The quantitative estimate of drug-likeness (QED) is 0.852. The van der Waals surface area contributed by atoms with Crippen molar-refractivity contribution in [2.75, 3.05) is 0 Å². The Labute approximate surface area is 99.3 Å². The molecule has 0 bridgehead atoms. The maximum absolute atomic E-state index is 10.8. The zero-order valence-electron chi connectivity index (χ0n) is 9.55. The molecule has 3 heteroatoms. The maximum Gasteiger partial charge on any atom is 0.306 e. The number of hydrogen-bond acceptors (Lipinski definition) is 2. The molecule has 0 fully saturated rings. The molecule has 0 amide bonds. The fraction of sp³-hybridized carbons (Fsp3) is 0.214. The lowest BCUT2D eigenvalue weighted by molar-refractivity contribution is -0.141. The number of phenols is 1. The van der Waals surface area contributed by atoms with Crippen molar-refractivity contribution in [2.45, 2.75) is 13.3 Å². The number of hydrogen-bond donors (Lipinski definition) is 2. The Kier molecular flexibility index (Phi) is 3.00. The van der Waals surface area contributed by atoms with Gasteiger partial charge in [0, 0.05) is 5.39 Å². The predicted octanol–water partition coefficient (Wildman–Crippen LogP) is 2.81. The Morgan fingerprint density at radius 2 is 2.06 bits per heavy atom. The molecule has 1 unspecified atom stereocenters. The predicted molar refractivity (Wildman–Crippen MR) is 66.1 cm³/mol. The monoisotopic (exact) mass is 230 g/mol. The molecule has 2 rings (SSSR count). The van der Waals surface area contributed by atoms with Crippen LogP contribution in [0.1, 0.15) is 12.5 Å². The molecular weight excluding hydrogens is 216 g/mol. The van der Waals surface area contributed by atoms with Crippen LogP contribution in [0.2, 0.25) is 0 Å².